The van der Waals surface area contributed by atoms with E-state index in [-0.39, 0.29) is 5.92 Å². The third-order valence-corrected chi connectivity index (χ3v) is 4.15. The normalized spacial score (nSPS) is 21.3. The molecule has 0 spiro atoms. The highest BCUT2D eigenvalue weighted by Crippen LogP contribution is 2.19. The van der Waals surface area contributed by atoms with Crippen LogP contribution in [-0.4, -0.2) is 36.6 Å². The van der Waals surface area contributed by atoms with E-state index in [2.05, 4.69) is 29.2 Å². The number of likely N-dealkylation sites (tertiary alicyclic amines) is 1. The molecule has 1 aromatic carbocycles. The molecular formula is C14H19NOS. The summed E-state index contributed by atoms with van der Waals surface area (Å²) in [6, 6.07) is 10.5. The number of piperidine rings is 1. The second kappa shape index (κ2) is 6.82. The molecule has 1 saturated heterocycles. The molecule has 2 rings (SSSR count). The van der Waals surface area contributed by atoms with Crippen molar-refractivity contribution in [3.05, 3.63) is 30.3 Å². The third-order valence-electron chi connectivity index (χ3n) is 3.15. The van der Waals surface area contributed by atoms with Crippen LogP contribution in [-0.2, 0) is 4.79 Å². The van der Waals surface area contributed by atoms with E-state index >= 15 is 0 Å². The van der Waals surface area contributed by atoms with E-state index in [0.717, 1.165) is 38.1 Å². The van der Waals surface area contributed by atoms with Gasteiger partial charge in [0.2, 0.25) is 0 Å². The molecule has 2 nitrogen and oxygen atoms in total. The molecule has 0 aliphatic carbocycles. The molecule has 1 atom stereocenters. The Labute approximate surface area is 107 Å². The van der Waals surface area contributed by atoms with Crippen LogP contribution >= 0.6 is 11.8 Å². The van der Waals surface area contributed by atoms with Gasteiger partial charge >= 0.3 is 0 Å². The van der Waals surface area contributed by atoms with E-state index in [1.807, 2.05) is 17.8 Å². The van der Waals surface area contributed by atoms with Crippen LogP contribution in [0.2, 0.25) is 0 Å². The molecule has 1 aliphatic rings. The summed E-state index contributed by atoms with van der Waals surface area (Å²) in [5.74, 6) is 1.38. The summed E-state index contributed by atoms with van der Waals surface area (Å²) in [4.78, 5) is 14.5. The zero-order chi connectivity index (χ0) is 11.9. The van der Waals surface area contributed by atoms with Crippen molar-refractivity contribution in [2.75, 3.05) is 25.4 Å². The van der Waals surface area contributed by atoms with Crippen molar-refractivity contribution in [2.24, 2.45) is 5.92 Å². The van der Waals surface area contributed by atoms with Gasteiger partial charge < -0.3 is 9.69 Å². The van der Waals surface area contributed by atoms with Crippen molar-refractivity contribution in [3.63, 3.8) is 0 Å². The van der Waals surface area contributed by atoms with E-state index < -0.39 is 0 Å². The lowest BCUT2D eigenvalue weighted by atomic mass is 10.00. The summed E-state index contributed by atoms with van der Waals surface area (Å²) in [6.45, 7) is 3.20. The predicted molar refractivity (Wildman–Crippen MR) is 72.4 cm³/mol. The Bertz CT molecular complexity index is 341. The van der Waals surface area contributed by atoms with Crippen LogP contribution in [0.4, 0.5) is 0 Å². The van der Waals surface area contributed by atoms with Crippen molar-refractivity contribution in [1.82, 2.24) is 4.90 Å². The number of carbonyl (C=O) groups is 1. The van der Waals surface area contributed by atoms with Gasteiger partial charge in [-0.1, -0.05) is 18.2 Å². The van der Waals surface area contributed by atoms with Crippen molar-refractivity contribution in [1.29, 1.82) is 0 Å². The first-order valence-electron chi connectivity index (χ1n) is 6.24. The Morgan fingerprint density at radius 3 is 2.94 bits per heavy atom. The molecule has 3 heteroatoms. The molecule has 1 heterocycles. The first kappa shape index (κ1) is 12.7. The highest BCUT2D eigenvalue weighted by molar-refractivity contribution is 7.99. The zero-order valence-electron chi connectivity index (χ0n) is 10.0. The summed E-state index contributed by atoms with van der Waals surface area (Å²) >= 11 is 1.89. The molecule has 0 aromatic heterocycles. The minimum absolute atomic E-state index is 0.269. The highest BCUT2D eigenvalue weighted by Gasteiger charge is 2.18. The number of hydrogen-bond acceptors (Lipinski definition) is 3. The average Bonchev–Trinajstić information content (AvgIpc) is 2.40. The van der Waals surface area contributed by atoms with Crippen LogP contribution in [0, 0.1) is 5.92 Å². The van der Waals surface area contributed by atoms with Crippen LogP contribution in [0.3, 0.4) is 0 Å². The van der Waals surface area contributed by atoms with Crippen LogP contribution in [0.25, 0.3) is 0 Å². The molecule has 1 aromatic rings. The van der Waals surface area contributed by atoms with Crippen LogP contribution in [0.1, 0.15) is 12.8 Å². The number of hydrogen-bond donors (Lipinski definition) is 0. The topological polar surface area (TPSA) is 20.3 Å². The number of thioether (sulfide) groups is 1. The number of aldehydes is 1. The van der Waals surface area contributed by atoms with Crippen molar-refractivity contribution >= 4 is 18.0 Å². The molecule has 0 N–H and O–H groups in total. The summed E-state index contributed by atoms with van der Waals surface area (Å²) in [6.07, 6.45) is 3.36. The van der Waals surface area contributed by atoms with Crippen LogP contribution < -0.4 is 0 Å². The Hall–Kier alpha value is -0.800. The van der Waals surface area contributed by atoms with E-state index in [0.29, 0.717) is 0 Å². The van der Waals surface area contributed by atoms with Gasteiger partial charge in [0.05, 0.1) is 0 Å². The van der Waals surface area contributed by atoms with Gasteiger partial charge in [0.1, 0.15) is 6.29 Å². The molecule has 92 valence electrons. The van der Waals surface area contributed by atoms with Gasteiger partial charge in [-0.15, -0.1) is 11.8 Å². The second-order valence-corrected chi connectivity index (χ2v) is 5.67. The Balaban J connectivity index is 1.70. The lowest BCUT2D eigenvalue weighted by Gasteiger charge is -2.29. The maximum atomic E-state index is 10.8. The smallest absolute Gasteiger partial charge is 0.124 e. The first-order chi connectivity index (χ1) is 8.38. The monoisotopic (exact) mass is 249 g/mol. The van der Waals surface area contributed by atoms with Gasteiger partial charge in [0.15, 0.2) is 0 Å². The summed E-state index contributed by atoms with van der Waals surface area (Å²) < 4.78 is 0. The first-order valence-corrected chi connectivity index (χ1v) is 7.22. The fourth-order valence-electron chi connectivity index (χ4n) is 2.21. The molecule has 0 radical (unpaired) electrons. The molecule has 1 fully saturated rings. The largest absolute Gasteiger partial charge is 0.303 e. The quantitative estimate of drug-likeness (QED) is 0.591. The highest BCUT2D eigenvalue weighted by atomic mass is 32.2. The second-order valence-electron chi connectivity index (χ2n) is 4.50. The van der Waals surface area contributed by atoms with Gasteiger partial charge in [-0.25, -0.2) is 0 Å². The van der Waals surface area contributed by atoms with Crippen molar-refractivity contribution < 1.29 is 4.79 Å². The van der Waals surface area contributed by atoms with Gasteiger partial charge in [-0.3, -0.25) is 0 Å². The molecule has 0 bridgehead atoms. The predicted octanol–water partition coefficient (Wildman–Crippen LogP) is 2.69. The maximum Gasteiger partial charge on any atom is 0.124 e. The maximum absolute atomic E-state index is 10.8. The summed E-state index contributed by atoms with van der Waals surface area (Å²) in [7, 11) is 0. The van der Waals surface area contributed by atoms with Crippen LogP contribution in [0.15, 0.2) is 35.2 Å². The van der Waals surface area contributed by atoms with E-state index in [9.17, 15) is 4.79 Å². The summed E-state index contributed by atoms with van der Waals surface area (Å²) in [5, 5.41) is 0. The standard InChI is InChI=1S/C14H19NOS/c16-12-13-5-4-8-15(11-13)9-10-17-14-6-2-1-3-7-14/h1-3,6-7,12-13H,4-5,8-11H2. The number of nitrogens with zero attached hydrogens (tertiary/aromatic N) is 1. The number of carbonyl (C=O) groups excluding carboxylic acids is 1. The lowest BCUT2D eigenvalue weighted by molar-refractivity contribution is -0.112. The van der Waals surface area contributed by atoms with E-state index in [4.69, 9.17) is 0 Å². The van der Waals surface area contributed by atoms with E-state index in [1.54, 1.807) is 0 Å². The minimum Gasteiger partial charge on any atom is -0.303 e. The molecule has 17 heavy (non-hydrogen) atoms. The molecule has 1 unspecified atom stereocenters. The van der Waals surface area contributed by atoms with Crippen molar-refractivity contribution in [3.8, 4) is 0 Å². The lowest BCUT2D eigenvalue weighted by Crippen LogP contribution is -2.37. The fraction of sp³-hybridized carbons (Fsp3) is 0.500. The van der Waals surface area contributed by atoms with Gasteiger partial charge in [-0.05, 0) is 31.5 Å². The van der Waals surface area contributed by atoms with E-state index in [1.165, 1.54) is 11.3 Å². The minimum atomic E-state index is 0.269. The molecular weight excluding hydrogens is 230 g/mol. The number of rotatable bonds is 5. The van der Waals surface area contributed by atoms with Gasteiger partial charge in [-0.2, -0.15) is 0 Å². The van der Waals surface area contributed by atoms with Gasteiger partial charge in [0.25, 0.3) is 0 Å². The average molecular weight is 249 g/mol. The Morgan fingerprint density at radius 2 is 2.18 bits per heavy atom. The van der Waals surface area contributed by atoms with Crippen molar-refractivity contribution in [2.45, 2.75) is 17.7 Å². The molecule has 0 amide bonds. The van der Waals surface area contributed by atoms with Gasteiger partial charge in [0, 0.05) is 29.7 Å². The Kier molecular flexibility index (Phi) is 5.08. The SMILES string of the molecule is O=CC1CCCN(CCSc2ccccc2)C1. The molecule has 1 aliphatic heterocycles. The van der Waals surface area contributed by atoms with Crippen LogP contribution in [0.5, 0.6) is 0 Å². The summed E-state index contributed by atoms with van der Waals surface area (Å²) in [5.41, 5.74) is 0. The number of benzene rings is 1. The Morgan fingerprint density at radius 1 is 1.35 bits per heavy atom. The third kappa shape index (κ3) is 4.17. The fourth-order valence-corrected chi connectivity index (χ4v) is 3.15. The zero-order valence-corrected chi connectivity index (χ0v) is 10.9. The molecule has 0 saturated carbocycles.